The molecule has 2 amide bonds. The second-order valence-electron chi connectivity index (χ2n) is 7.88. The molecule has 1 N–H and O–H groups in total. The molecule has 29 heavy (non-hydrogen) atoms. The Labute approximate surface area is 173 Å². The van der Waals surface area contributed by atoms with E-state index in [1.54, 1.807) is 4.90 Å². The van der Waals surface area contributed by atoms with Crippen LogP contribution in [0.2, 0.25) is 0 Å². The number of nitrogens with one attached hydrogen (secondary N) is 1. The Bertz CT molecular complexity index is 818. The molecule has 2 aromatic rings. The number of likely N-dealkylation sites (N-methyl/N-ethyl adjacent to an activating group) is 1. The van der Waals surface area contributed by atoms with Gasteiger partial charge in [-0.05, 0) is 43.6 Å². The molecule has 0 aromatic heterocycles. The fraction of sp³-hybridized carbons (Fsp3) is 0.417. The predicted molar refractivity (Wildman–Crippen MR) is 115 cm³/mol. The monoisotopic (exact) mass is 393 g/mol. The topological polar surface area (TPSA) is 52.7 Å². The lowest BCUT2D eigenvalue weighted by molar-refractivity contribution is -0.135. The van der Waals surface area contributed by atoms with E-state index in [2.05, 4.69) is 41.4 Å². The molecular formula is C24H31N3O2. The molecule has 154 valence electrons. The van der Waals surface area contributed by atoms with Gasteiger partial charge in [-0.2, -0.15) is 0 Å². The summed E-state index contributed by atoms with van der Waals surface area (Å²) in [6, 6.07) is 18.1. The Balaban J connectivity index is 1.64. The van der Waals surface area contributed by atoms with Gasteiger partial charge in [0.25, 0.3) is 0 Å². The van der Waals surface area contributed by atoms with Crippen molar-refractivity contribution in [1.29, 1.82) is 0 Å². The van der Waals surface area contributed by atoms with Crippen molar-refractivity contribution < 1.29 is 9.59 Å². The van der Waals surface area contributed by atoms with Gasteiger partial charge in [-0.25, -0.2) is 0 Å². The third-order valence-corrected chi connectivity index (χ3v) is 5.69. The number of amides is 2. The summed E-state index contributed by atoms with van der Waals surface area (Å²) in [6.45, 7) is 3.14. The van der Waals surface area contributed by atoms with Crippen molar-refractivity contribution in [1.82, 2.24) is 15.1 Å². The molecule has 2 atom stereocenters. The molecule has 0 saturated carbocycles. The summed E-state index contributed by atoms with van der Waals surface area (Å²) in [5, 5.41) is 3.09. The van der Waals surface area contributed by atoms with Gasteiger partial charge in [0, 0.05) is 19.5 Å². The van der Waals surface area contributed by atoms with Crippen LogP contribution in [0.4, 0.5) is 0 Å². The van der Waals surface area contributed by atoms with E-state index in [4.69, 9.17) is 0 Å². The Morgan fingerprint density at radius 2 is 1.79 bits per heavy atom. The van der Waals surface area contributed by atoms with Gasteiger partial charge in [-0.15, -0.1) is 0 Å². The van der Waals surface area contributed by atoms with Crippen LogP contribution in [-0.2, 0) is 22.6 Å². The highest BCUT2D eigenvalue weighted by molar-refractivity contribution is 5.90. The normalized spacial score (nSPS) is 17.6. The Kier molecular flexibility index (Phi) is 7.04. The first-order chi connectivity index (χ1) is 14.0. The molecule has 0 radical (unpaired) electrons. The first-order valence-corrected chi connectivity index (χ1v) is 10.4. The Morgan fingerprint density at radius 1 is 1.10 bits per heavy atom. The molecule has 5 nitrogen and oxygen atoms in total. The molecule has 0 bridgehead atoms. The summed E-state index contributed by atoms with van der Waals surface area (Å²) in [4.78, 5) is 29.1. The average molecular weight is 394 g/mol. The van der Waals surface area contributed by atoms with Crippen LogP contribution in [0.15, 0.2) is 54.6 Å². The number of carbonyl (C=O) groups is 2. The van der Waals surface area contributed by atoms with E-state index in [0.29, 0.717) is 25.9 Å². The molecule has 0 spiro atoms. The first kappa shape index (κ1) is 21.1. The third-order valence-electron chi connectivity index (χ3n) is 5.69. The number of rotatable bonds is 8. The molecule has 1 saturated heterocycles. The van der Waals surface area contributed by atoms with Gasteiger partial charge in [0.05, 0.1) is 6.04 Å². The molecule has 1 aliphatic heterocycles. The minimum Gasteiger partial charge on any atom is -0.352 e. The highest BCUT2D eigenvalue weighted by Gasteiger charge is 2.36. The highest BCUT2D eigenvalue weighted by Crippen LogP contribution is 2.23. The van der Waals surface area contributed by atoms with Crippen molar-refractivity contribution in [3.05, 3.63) is 71.3 Å². The summed E-state index contributed by atoms with van der Waals surface area (Å²) in [5.41, 5.74) is 3.52. The van der Waals surface area contributed by atoms with Gasteiger partial charge >= 0.3 is 0 Å². The summed E-state index contributed by atoms with van der Waals surface area (Å²) in [6.07, 6.45) is 2.02. The Morgan fingerprint density at radius 3 is 2.41 bits per heavy atom. The molecule has 0 aliphatic carbocycles. The lowest BCUT2D eigenvalue weighted by atomic mass is 10.0. The van der Waals surface area contributed by atoms with Crippen LogP contribution >= 0.6 is 0 Å². The second-order valence-corrected chi connectivity index (χ2v) is 7.88. The fourth-order valence-corrected chi connectivity index (χ4v) is 3.87. The SMILES string of the molecule is CCc1ccc(C(CNC(=O)C2CCC(=O)N2Cc2ccccc2)N(C)C)cc1. The van der Waals surface area contributed by atoms with E-state index in [0.717, 1.165) is 12.0 Å². The molecule has 3 rings (SSSR count). The minimum atomic E-state index is -0.395. The standard InChI is InChI=1S/C24H31N3O2/c1-4-18-10-12-20(13-11-18)22(26(2)3)16-25-24(29)21-14-15-23(28)27(21)17-19-8-6-5-7-9-19/h5-13,21-22H,4,14-17H2,1-3H3,(H,25,29). The second kappa shape index (κ2) is 9.70. The Hall–Kier alpha value is -2.66. The summed E-state index contributed by atoms with van der Waals surface area (Å²) >= 11 is 0. The third kappa shape index (κ3) is 5.24. The van der Waals surface area contributed by atoms with Gasteiger partial charge in [-0.1, -0.05) is 61.5 Å². The molecule has 1 fully saturated rings. The largest absolute Gasteiger partial charge is 0.352 e. The van der Waals surface area contributed by atoms with E-state index < -0.39 is 6.04 Å². The van der Waals surface area contributed by atoms with Crippen molar-refractivity contribution in [2.75, 3.05) is 20.6 Å². The van der Waals surface area contributed by atoms with Crippen LogP contribution in [0.3, 0.4) is 0 Å². The van der Waals surface area contributed by atoms with E-state index in [-0.39, 0.29) is 17.9 Å². The van der Waals surface area contributed by atoms with Crippen LogP contribution in [0.5, 0.6) is 0 Å². The maximum absolute atomic E-state index is 12.9. The number of aryl methyl sites for hydroxylation is 1. The number of likely N-dealkylation sites (tertiary alicyclic amines) is 1. The predicted octanol–water partition coefficient (Wildman–Crippen LogP) is 3.16. The number of nitrogens with zero attached hydrogens (tertiary/aromatic N) is 2. The zero-order valence-electron chi connectivity index (χ0n) is 17.6. The number of carbonyl (C=O) groups excluding carboxylic acids is 2. The first-order valence-electron chi connectivity index (χ1n) is 10.4. The zero-order chi connectivity index (χ0) is 20.8. The number of hydrogen-bond acceptors (Lipinski definition) is 3. The zero-order valence-corrected chi connectivity index (χ0v) is 17.6. The molecule has 5 heteroatoms. The maximum atomic E-state index is 12.9. The summed E-state index contributed by atoms with van der Waals surface area (Å²) in [7, 11) is 4.04. The van der Waals surface area contributed by atoms with Crippen molar-refractivity contribution in [3.63, 3.8) is 0 Å². The molecule has 2 aromatic carbocycles. The van der Waals surface area contributed by atoms with E-state index in [1.165, 1.54) is 11.1 Å². The molecular weight excluding hydrogens is 362 g/mol. The van der Waals surface area contributed by atoms with Crippen LogP contribution in [0.25, 0.3) is 0 Å². The van der Waals surface area contributed by atoms with Crippen molar-refractivity contribution in [2.45, 2.75) is 44.8 Å². The van der Waals surface area contributed by atoms with Crippen LogP contribution in [-0.4, -0.2) is 48.3 Å². The lowest BCUT2D eigenvalue weighted by Crippen LogP contribution is -2.46. The van der Waals surface area contributed by atoms with E-state index in [9.17, 15) is 9.59 Å². The fourth-order valence-electron chi connectivity index (χ4n) is 3.87. The van der Waals surface area contributed by atoms with Crippen LogP contribution in [0.1, 0.15) is 42.5 Å². The van der Waals surface area contributed by atoms with E-state index in [1.807, 2.05) is 44.4 Å². The minimum absolute atomic E-state index is 0.0494. The molecule has 1 aliphatic rings. The lowest BCUT2D eigenvalue weighted by Gasteiger charge is -2.28. The maximum Gasteiger partial charge on any atom is 0.242 e. The van der Waals surface area contributed by atoms with Gasteiger partial charge in [0.2, 0.25) is 11.8 Å². The van der Waals surface area contributed by atoms with Gasteiger partial charge in [-0.3, -0.25) is 9.59 Å². The van der Waals surface area contributed by atoms with E-state index >= 15 is 0 Å². The van der Waals surface area contributed by atoms with Gasteiger partial charge in [0.1, 0.15) is 6.04 Å². The smallest absolute Gasteiger partial charge is 0.242 e. The summed E-state index contributed by atoms with van der Waals surface area (Å²) < 4.78 is 0. The number of hydrogen-bond donors (Lipinski definition) is 1. The van der Waals surface area contributed by atoms with Crippen LogP contribution in [0, 0.1) is 0 Å². The highest BCUT2D eigenvalue weighted by atomic mass is 16.2. The van der Waals surface area contributed by atoms with Gasteiger partial charge < -0.3 is 15.1 Å². The van der Waals surface area contributed by atoms with Crippen molar-refractivity contribution in [3.8, 4) is 0 Å². The number of benzene rings is 2. The molecule has 2 unspecified atom stereocenters. The van der Waals surface area contributed by atoms with Crippen molar-refractivity contribution in [2.24, 2.45) is 0 Å². The van der Waals surface area contributed by atoms with Crippen LogP contribution < -0.4 is 5.32 Å². The summed E-state index contributed by atoms with van der Waals surface area (Å²) in [5.74, 6) is -0.0165. The molecule has 1 heterocycles. The van der Waals surface area contributed by atoms with Crippen molar-refractivity contribution >= 4 is 11.8 Å². The quantitative estimate of drug-likeness (QED) is 0.750. The van der Waals surface area contributed by atoms with Gasteiger partial charge in [0.15, 0.2) is 0 Å². The average Bonchev–Trinajstić information content (AvgIpc) is 3.09.